The van der Waals surface area contributed by atoms with Crippen molar-refractivity contribution in [2.24, 2.45) is 17.8 Å². The van der Waals surface area contributed by atoms with Crippen molar-refractivity contribution < 1.29 is 24.6 Å². The van der Waals surface area contributed by atoms with Crippen LogP contribution in [0.4, 0.5) is 0 Å². The monoisotopic (exact) mass is 299 g/mol. The van der Waals surface area contributed by atoms with Crippen molar-refractivity contribution in [1.29, 1.82) is 0 Å². The van der Waals surface area contributed by atoms with Gasteiger partial charge in [-0.3, -0.25) is 9.59 Å². The summed E-state index contributed by atoms with van der Waals surface area (Å²) < 4.78 is 0. The van der Waals surface area contributed by atoms with Gasteiger partial charge < -0.3 is 15.5 Å². The van der Waals surface area contributed by atoms with E-state index in [4.69, 9.17) is 10.2 Å². The molecule has 0 aromatic rings. The minimum Gasteiger partial charge on any atom is -0.475 e. The molecule has 1 saturated carbocycles. The molecule has 0 aromatic carbocycles. The molecule has 6 heteroatoms. The van der Waals surface area contributed by atoms with Gasteiger partial charge in [-0.05, 0) is 43.9 Å². The second-order valence-corrected chi connectivity index (χ2v) is 6.10. The Balaban J connectivity index is 2.55. The van der Waals surface area contributed by atoms with Crippen LogP contribution in [0.3, 0.4) is 0 Å². The molecule has 3 N–H and O–H groups in total. The molecule has 0 bridgehead atoms. The topological polar surface area (TPSA) is 104 Å². The molecular formula is C15H25NO5. The molecule has 120 valence electrons. The third-order valence-electron chi connectivity index (χ3n) is 4.35. The summed E-state index contributed by atoms with van der Waals surface area (Å²) in [6.45, 7) is 4.01. The third-order valence-corrected chi connectivity index (χ3v) is 4.35. The average molecular weight is 299 g/mol. The van der Waals surface area contributed by atoms with E-state index in [1.807, 2.05) is 0 Å². The number of Topliss-reactive ketones (excluding diaryl/α,β-unsaturated/α-hetero) is 1. The second-order valence-electron chi connectivity index (χ2n) is 6.10. The van der Waals surface area contributed by atoms with E-state index in [1.54, 1.807) is 0 Å². The highest BCUT2D eigenvalue weighted by Crippen LogP contribution is 2.33. The third kappa shape index (κ3) is 5.12. The van der Waals surface area contributed by atoms with Gasteiger partial charge in [-0.25, -0.2) is 4.79 Å². The first-order valence-corrected chi connectivity index (χ1v) is 7.55. The van der Waals surface area contributed by atoms with E-state index < -0.39 is 17.8 Å². The van der Waals surface area contributed by atoms with Crippen LogP contribution in [0.1, 0.15) is 46.0 Å². The fraction of sp³-hybridized carbons (Fsp3) is 0.800. The van der Waals surface area contributed by atoms with Crippen molar-refractivity contribution >= 4 is 17.7 Å². The number of ketones is 1. The van der Waals surface area contributed by atoms with Crippen molar-refractivity contribution in [3.05, 3.63) is 0 Å². The number of hydrogen-bond donors (Lipinski definition) is 3. The number of aliphatic hydroxyl groups is 1. The summed E-state index contributed by atoms with van der Waals surface area (Å²) >= 11 is 0. The smallest absolute Gasteiger partial charge is 0.374 e. The lowest BCUT2D eigenvalue weighted by atomic mass is 9.76. The Bertz CT molecular complexity index is 386. The Morgan fingerprint density at radius 1 is 1.14 bits per heavy atom. The van der Waals surface area contributed by atoms with Crippen LogP contribution in [-0.2, 0) is 14.4 Å². The quantitative estimate of drug-likeness (QED) is 0.608. The van der Waals surface area contributed by atoms with Gasteiger partial charge in [0.15, 0.2) is 0 Å². The summed E-state index contributed by atoms with van der Waals surface area (Å²) in [6, 6.07) is -1.14. The Kier molecular flexibility index (Phi) is 6.81. The summed E-state index contributed by atoms with van der Waals surface area (Å²) in [4.78, 5) is 34.3. The van der Waals surface area contributed by atoms with E-state index in [0.29, 0.717) is 11.8 Å². The maximum atomic E-state index is 12.1. The first kappa shape index (κ1) is 17.6. The number of carbonyl (C=O) groups is 3. The highest BCUT2D eigenvalue weighted by molar-refractivity contribution is 6.35. The van der Waals surface area contributed by atoms with E-state index in [0.717, 1.165) is 25.7 Å². The average Bonchev–Trinajstić information content (AvgIpc) is 2.45. The zero-order valence-corrected chi connectivity index (χ0v) is 12.7. The van der Waals surface area contributed by atoms with Crippen LogP contribution in [0, 0.1) is 17.8 Å². The molecule has 0 spiro atoms. The molecule has 1 rings (SSSR count). The number of carbonyl (C=O) groups excluding carboxylic acids is 2. The number of carboxylic acid groups (broad SMARTS) is 1. The highest BCUT2D eigenvalue weighted by atomic mass is 16.4. The summed E-state index contributed by atoms with van der Waals surface area (Å²) in [5.41, 5.74) is 0. The molecular weight excluding hydrogens is 274 g/mol. The summed E-state index contributed by atoms with van der Waals surface area (Å²) in [7, 11) is 0. The lowest BCUT2D eigenvalue weighted by molar-refractivity contribution is -0.150. The van der Waals surface area contributed by atoms with Crippen LogP contribution in [-0.4, -0.2) is 40.5 Å². The Morgan fingerprint density at radius 3 is 2.14 bits per heavy atom. The SMILES string of the molecule is CC(C)C1CCC(C(=O)NC(CCO)C(=O)C(=O)O)CC1. The lowest BCUT2D eigenvalue weighted by Crippen LogP contribution is -2.47. The van der Waals surface area contributed by atoms with Crippen molar-refractivity contribution in [1.82, 2.24) is 5.32 Å². The maximum absolute atomic E-state index is 12.1. The fourth-order valence-electron chi connectivity index (χ4n) is 2.88. The normalized spacial score (nSPS) is 23.6. The van der Waals surface area contributed by atoms with Gasteiger partial charge in [0.05, 0.1) is 0 Å². The predicted octanol–water partition coefficient (Wildman–Crippen LogP) is 0.970. The number of carboxylic acids is 1. The molecule has 0 heterocycles. The van der Waals surface area contributed by atoms with Gasteiger partial charge in [0, 0.05) is 12.5 Å². The molecule has 21 heavy (non-hydrogen) atoms. The van der Waals surface area contributed by atoms with Crippen LogP contribution in [0.25, 0.3) is 0 Å². The van der Waals surface area contributed by atoms with Gasteiger partial charge in [0.1, 0.15) is 6.04 Å². The Labute approximate surface area is 124 Å². The van der Waals surface area contributed by atoms with Crippen LogP contribution >= 0.6 is 0 Å². The zero-order chi connectivity index (χ0) is 16.0. The summed E-state index contributed by atoms with van der Waals surface area (Å²) in [5, 5.41) is 20.1. The molecule has 1 unspecified atom stereocenters. The van der Waals surface area contributed by atoms with E-state index in [1.165, 1.54) is 0 Å². The van der Waals surface area contributed by atoms with E-state index in [-0.39, 0.29) is 24.9 Å². The fourth-order valence-corrected chi connectivity index (χ4v) is 2.88. The van der Waals surface area contributed by atoms with E-state index in [2.05, 4.69) is 19.2 Å². The molecule has 6 nitrogen and oxygen atoms in total. The van der Waals surface area contributed by atoms with Crippen LogP contribution < -0.4 is 5.32 Å². The predicted molar refractivity (Wildman–Crippen MR) is 76.6 cm³/mol. The summed E-state index contributed by atoms with van der Waals surface area (Å²) in [6.07, 6.45) is 3.42. The first-order chi connectivity index (χ1) is 9.86. The zero-order valence-electron chi connectivity index (χ0n) is 12.7. The van der Waals surface area contributed by atoms with E-state index in [9.17, 15) is 14.4 Å². The van der Waals surface area contributed by atoms with Gasteiger partial charge in [-0.1, -0.05) is 13.8 Å². The van der Waals surface area contributed by atoms with Crippen LogP contribution in [0.5, 0.6) is 0 Å². The number of rotatable bonds is 7. The molecule has 1 aliphatic carbocycles. The number of hydrogen-bond acceptors (Lipinski definition) is 4. The largest absolute Gasteiger partial charge is 0.475 e. The van der Waals surface area contributed by atoms with Gasteiger partial charge in [0.2, 0.25) is 5.91 Å². The second kappa shape index (κ2) is 8.12. The van der Waals surface area contributed by atoms with Crippen molar-refractivity contribution in [2.45, 2.75) is 52.0 Å². The highest BCUT2D eigenvalue weighted by Gasteiger charge is 2.31. The molecule has 1 atom stereocenters. The van der Waals surface area contributed by atoms with Crippen molar-refractivity contribution in [3.8, 4) is 0 Å². The van der Waals surface area contributed by atoms with Gasteiger partial charge in [-0.15, -0.1) is 0 Å². The molecule has 0 saturated heterocycles. The number of aliphatic carboxylic acids is 1. The number of nitrogens with one attached hydrogen (secondary N) is 1. The van der Waals surface area contributed by atoms with Crippen LogP contribution in [0.15, 0.2) is 0 Å². The number of amides is 1. The van der Waals surface area contributed by atoms with Crippen molar-refractivity contribution in [3.63, 3.8) is 0 Å². The summed E-state index contributed by atoms with van der Waals surface area (Å²) in [5.74, 6) is -1.87. The molecule has 0 aliphatic heterocycles. The van der Waals surface area contributed by atoms with Gasteiger partial charge in [0.25, 0.3) is 5.78 Å². The first-order valence-electron chi connectivity index (χ1n) is 7.55. The maximum Gasteiger partial charge on any atom is 0.374 e. The van der Waals surface area contributed by atoms with E-state index >= 15 is 0 Å². The Morgan fingerprint density at radius 2 is 1.71 bits per heavy atom. The molecule has 1 amide bonds. The number of aliphatic hydroxyl groups excluding tert-OH is 1. The molecule has 0 radical (unpaired) electrons. The van der Waals surface area contributed by atoms with Crippen molar-refractivity contribution in [2.75, 3.05) is 6.61 Å². The van der Waals surface area contributed by atoms with Gasteiger partial charge in [-0.2, -0.15) is 0 Å². The minimum absolute atomic E-state index is 0.0712. The Hall–Kier alpha value is -1.43. The molecule has 1 aliphatic rings. The van der Waals surface area contributed by atoms with Gasteiger partial charge >= 0.3 is 5.97 Å². The van der Waals surface area contributed by atoms with Crippen LogP contribution in [0.2, 0.25) is 0 Å². The molecule has 0 aromatic heterocycles. The standard InChI is InChI=1S/C15H25NO5/c1-9(2)10-3-5-11(6-4-10)14(19)16-12(7-8-17)13(18)15(20)21/h9-12,17H,3-8H2,1-2H3,(H,16,19)(H,20,21). The minimum atomic E-state index is -1.59. The lowest BCUT2D eigenvalue weighted by Gasteiger charge is -2.30. The molecule has 1 fully saturated rings.